The maximum atomic E-state index is 13.2. The molecule has 0 aliphatic carbocycles. The highest BCUT2D eigenvalue weighted by atomic mass is 19.1. The van der Waals surface area contributed by atoms with Gasteiger partial charge < -0.3 is 14.7 Å². The Morgan fingerprint density at radius 2 is 1.62 bits per heavy atom. The second kappa shape index (κ2) is 9.06. The van der Waals surface area contributed by atoms with Gasteiger partial charge in [-0.1, -0.05) is 54.6 Å². The van der Waals surface area contributed by atoms with E-state index < -0.39 is 17.7 Å². The molecule has 1 amide bonds. The third-order valence-corrected chi connectivity index (χ3v) is 5.57. The molecule has 1 saturated heterocycles. The van der Waals surface area contributed by atoms with Crippen molar-refractivity contribution in [1.82, 2.24) is 4.90 Å². The molecule has 1 aliphatic rings. The second-order valence-corrected chi connectivity index (χ2v) is 7.48. The number of amides is 1. The van der Waals surface area contributed by atoms with Gasteiger partial charge in [-0.2, -0.15) is 0 Å². The molecule has 3 aromatic rings. The molecule has 0 aromatic heterocycles. The Hall–Kier alpha value is -3.93. The lowest BCUT2D eigenvalue weighted by atomic mass is 9.95. The third kappa shape index (κ3) is 3.99. The summed E-state index contributed by atoms with van der Waals surface area (Å²) in [5, 5.41) is 11.1. The van der Waals surface area contributed by atoms with E-state index in [-0.39, 0.29) is 23.7 Å². The van der Waals surface area contributed by atoms with Gasteiger partial charge in [-0.05, 0) is 41.8 Å². The predicted octanol–water partition coefficient (Wildman–Crippen LogP) is 4.50. The standard InChI is InChI=1S/C26H22FNO4/c1-32-21-10-6-5-9-20(21)24(29)22-23(18-7-3-2-4-8-18)28(26(31)25(22)30)16-15-17-11-13-19(27)14-12-17/h2-14,23,29H,15-16H2,1H3/b24-22-. The quantitative estimate of drug-likeness (QED) is 0.355. The van der Waals surface area contributed by atoms with E-state index in [2.05, 4.69) is 0 Å². The van der Waals surface area contributed by atoms with Crippen LogP contribution in [0.2, 0.25) is 0 Å². The van der Waals surface area contributed by atoms with Crippen LogP contribution < -0.4 is 4.74 Å². The number of rotatable bonds is 6. The van der Waals surface area contributed by atoms with Crippen LogP contribution in [0.4, 0.5) is 4.39 Å². The topological polar surface area (TPSA) is 66.8 Å². The van der Waals surface area contributed by atoms with Gasteiger partial charge in [0, 0.05) is 6.54 Å². The Labute approximate surface area is 185 Å². The number of carbonyl (C=O) groups excluding carboxylic acids is 2. The van der Waals surface area contributed by atoms with Gasteiger partial charge in [-0.25, -0.2) is 4.39 Å². The van der Waals surface area contributed by atoms with Gasteiger partial charge in [0.1, 0.15) is 17.3 Å². The summed E-state index contributed by atoms with van der Waals surface area (Å²) in [6, 6.07) is 21.2. The molecule has 1 aliphatic heterocycles. The maximum Gasteiger partial charge on any atom is 0.295 e. The molecule has 0 spiro atoms. The maximum absolute atomic E-state index is 13.2. The van der Waals surface area contributed by atoms with Gasteiger partial charge in [0.15, 0.2) is 0 Å². The Morgan fingerprint density at radius 1 is 0.969 bits per heavy atom. The molecule has 1 fully saturated rings. The van der Waals surface area contributed by atoms with Crippen LogP contribution in [0, 0.1) is 5.82 Å². The molecule has 1 atom stereocenters. The fourth-order valence-corrected chi connectivity index (χ4v) is 3.98. The van der Waals surface area contributed by atoms with Crippen LogP contribution in [0.5, 0.6) is 5.75 Å². The average Bonchev–Trinajstić information content (AvgIpc) is 3.08. The number of ketones is 1. The SMILES string of the molecule is COc1ccccc1/C(O)=C1/C(=O)C(=O)N(CCc2ccc(F)cc2)C1c1ccccc1. The number of hydrogen-bond donors (Lipinski definition) is 1. The first-order valence-corrected chi connectivity index (χ1v) is 10.2. The number of Topliss-reactive ketones (excluding diaryl/α,β-unsaturated/α-hetero) is 1. The Balaban J connectivity index is 1.78. The van der Waals surface area contributed by atoms with Gasteiger partial charge in [-0.3, -0.25) is 9.59 Å². The van der Waals surface area contributed by atoms with Crippen molar-refractivity contribution in [3.63, 3.8) is 0 Å². The second-order valence-electron chi connectivity index (χ2n) is 7.48. The predicted molar refractivity (Wildman–Crippen MR) is 119 cm³/mol. The van der Waals surface area contributed by atoms with Gasteiger partial charge in [0.2, 0.25) is 0 Å². The van der Waals surface area contributed by atoms with Crippen molar-refractivity contribution in [1.29, 1.82) is 0 Å². The van der Waals surface area contributed by atoms with E-state index in [1.54, 1.807) is 36.4 Å². The van der Waals surface area contributed by atoms with Crippen molar-refractivity contribution in [2.24, 2.45) is 0 Å². The van der Waals surface area contributed by atoms with Crippen molar-refractivity contribution in [2.75, 3.05) is 13.7 Å². The van der Waals surface area contributed by atoms with E-state index in [0.717, 1.165) is 5.56 Å². The molecule has 1 heterocycles. The molecule has 1 N–H and O–H groups in total. The number of ether oxygens (including phenoxy) is 1. The van der Waals surface area contributed by atoms with Gasteiger partial charge >= 0.3 is 0 Å². The number of carbonyl (C=O) groups is 2. The zero-order chi connectivity index (χ0) is 22.7. The van der Waals surface area contributed by atoms with Gasteiger partial charge in [0.25, 0.3) is 11.7 Å². The van der Waals surface area contributed by atoms with Crippen LogP contribution in [0.15, 0.2) is 84.4 Å². The van der Waals surface area contributed by atoms with E-state index in [4.69, 9.17) is 4.74 Å². The number of likely N-dealkylation sites (tertiary alicyclic amines) is 1. The highest BCUT2D eigenvalue weighted by Crippen LogP contribution is 2.40. The number of hydrogen-bond acceptors (Lipinski definition) is 4. The molecule has 0 bridgehead atoms. The zero-order valence-corrected chi connectivity index (χ0v) is 17.5. The summed E-state index contributed by atoms with van der Waals surface area (Å²) >= 11 is 0. The lowest BCUT2D eigenvalue weighted by molar-refractivity contribution is -0.139. The number of methoxy groups -OCH3 is 1. The van der Waals surface area contributed by atoms with Gasteiger partial charge in [-0.15, -0.1) is 0 Å². The van der Waals surface area contributed by atoms with Crippen molar-refractivity contribution in [3.05, 3.63) is 107 Å². The molecule has 1 unspecified atom stereocenters. The van der Waals surface area contributed by atoms with Gasteiger partial charge in [0.05, 0.1) is 24.3 Å². The fraction of sp³-hybridized carbons (Fsp3) is 0.154. The summed E-state index contributed by atoms with van der Waals surface area (Å²) in [7, 11) is 1.47. The number of aliphatic hydroxyl groups excluding tert-OH is 1. The molecule has 5 nitrogen and oxygen atoms in total. The first-order valence-electron chi connectivity index (χ1n) is 10.2. The zero-order valence-electron chi connectivity index (χ0n) is 17.5. The van der Waals surface area contributed by atoms with Crippen molar-refractivity contribution in [3.8, 4) is 5.75 Å². The summed E-state index contributed by atoms with van der Waals surface area (Å²) in [5.41, 5.74) is 1.91. The summed E-state index contributed by atoms with van der Waals surface area (Å²) < 4.78 is 18.6. The van der Waals surface area contributed by atoms with Crippen LogP contribution in [0.3, 0.4) is 0 Å². The van der Waals surface area contributed by atoms with Crippen molar-refractivity contribution in [2.45, 2.75) is 12.5 Å². The van der Waals surface area contributed by atoms with E-state index in [1.165, 1.54) is 24.1 Å². The monoisotopic (exact) mass is 431 g/mol. The largest absolute Gasteiger partial charge is 0.507 e. The summed E-state index contributed by atoms with van der Waals surface area (Å²) in [5.74, 6) is -1.65. The lowest BCUT2D eigenvalue weighted by Gasteiger charge is -2.25. The Kier molecular flexibility index (Phi) is 6.03. The number of para-hydroxylation sites is 1. The number of nitrogens with zero attached hydrogens (tertiary/aromatic N) is 1. The molecule has 162 valence electrons. The highest BCUT2D eigenvalue weighted by molar-refractivity contribution is 6.46. The number of aliphatic hydroxyl groups is 1. The Bertz CT molecular complexity index is 1170. The first kappa shape index (κ1) is 21.3. The smallest absolute Gasteiger partial charge is 0.295 e. The van der Waals surface area contributed by atoms with E-state index >= 15 is 0 Å². The molecule has 32 heavy (non-hydrogen) atoms. The minimum atomic E-state index is -0.749. The van der Waals surface area contributed by atoms with Crippen LogP contribution in [0.25, 0.3) is 5.76 Å². The molecule has 0 saturated carbocycles. The average molecular weight is 431 g/mol. The van der Waals surface area contributed by atoms with Crippen LogP contribution in [-0.2, 0) is 16.0 Å². The number of halogens is 1. The molecule has 6 heteroatoms. The van der Waals surface area contributed by atoms with Crippen molar-refractivity contribution < 1.29 is 23.8 Å². The van der Waals surface area contributed by atoms with Crippen molar-refractivity contribution >= 4 is 17.4 Å². The summed E-state index contributed by atoms with van der Waals surface area (Å²) in [4.78, 5) is 27.5. The fourth-order valence-electron chi connectivity index (χ4n) is 3.98. The molecular formula is C26H22FNO4. The van der Waals surface area contributed by atoms with Crippen LogP contribution >= 0.6 is 0 Å². The third-order valence-electron chi connectivity index (χ3n) is 5.57. The minimum Gasteiger partial charge on any atom is -0.507 e. The highest BCUT2D eigenvalue weighted by Gasteiger charge is 2.46. The summed E-state index contributed by atoms with van der Waals surface area (Å²) in [6.07, 6.45) is 0.436. The van der Waals surface area contributed by atoms with E-state index in [0.29, 0.717) is 23.3 Å². The molecule has 4 rings (SSSR count). The van der Waals surface area contributed by atoms with Crippen LogP contribution in [0.1, 0.15) is 22.7 Å². The summed E-state index contributed by atoms with van der Waals surface area (Å²) in [6.45, 7) is 0.235. The minimum absolute atomic E-state index is 0.0183. The first-order chi connectivity index (χ1) is 15.5. The molecule has 3 aromatic carbocycles. The van der Waals surface area contributed by atoms with E-state index in [1.807, 2.05) is 30.3 Å². The Morgan fingerprint density at radius 3 is 2.31 bits per heavy atom. The normalized spacial score (nSPS) is 17.6. The van der Waals surface area contributed by atoms with Crippen LogP contribution in [-0.4, -0.2) is 35.4 Å². The number of benzene rings is 3. The molecule has 0 radical (unpaired) electrons. The lowest BCUT2D eigenvalue weighted by Crippen LogP contribution is -2.31. The molecular weight excluding hydrogens is 409 g/mol. The van der Waals surface area contributed by atoms with E-state index in [9.17, 15) is 19.1 Å².